The molecule has 0 aromatic heterocycles. The van der Waals surface area contributed by atoms with E-state index in [1.807, 2.05) is 0 Å². The molecule has 0 fully saturated rings. The molecule has 0 aliphatic rings. The first-order valence-electron chi connectivity index (χ1n) is 8.40. The Balaban J connectivity index is 1.86. The average Bonchev–Trinajstić information content (AvgIpc) is 2.62. The number of rotatable bonds is 7. The number of carbonyl (C=O) groups excluding carboxylic acids is 1. The Hall–Kier alpha value is -2.96. The zero-order valence-electron chi connectivity index (χ0n) is 15.5. The molecule has 0 spiro atoms. The third-order valence-corrected chi connectivity index (χ3v) is 3.72. The molecule has 32 heavy (non-hydrogen) atoms. The Morgan fingerprint density at radius 2 is 1.53 bits per heavy atom. The van der Waals surface area contributed by atoms with Crippen molar-refractivity contribution in [1.29, 1.82) is 0 Å². The third kappa shape index (κ3) is 7.62. The number of alkyl halides is 6. The fraction of sp³-hybridized carbons (Fsp3) is 0.278. The largest absolute Gasteiger partial charge is 0.490 e. The maximum Gasteiger partial charge on any atom is 0.434 e. The van der Waals surface area contributed by atoms with Crippen LogP contribution in [-0.2, 0) is 4.74 Å². The minimum atomic E-state index is -5.83. The predicted octanol–water partition coefficient (Wildman–Crippen LogP) is 6.01. The fourth-order valence-corrected chi connectivity index (χ4v) is 2.39. The van der Waals surface area contributed by atoms with Gasteiger partial charge in [-0.1, -0.05) is 11.6 Å². The quantitative estimate of drug-likeness (QED) is 0.379. The molecular formula is C18H12ClF8NO4. The molecule has 0 saturated carbocycles. The zero-order valence-corrected chi connectivity index (χ0v) is 16.2. The summed E-state index contributed by atoms with van der Waals surface area (Å²) in [7, 11) is 0. The maximum absolute atomic E-state index is 13.2. The molecule has 176 valence electrons. The highest BCUT2D eigenvalue weighted by Gasteiger charge is 2.59. The third-order valence-electron chi connectivity index (χ3n) is 3.42. The summed E-state index contributed by atoms with van der Waals surface area (Å²) in [6, 6.07) is 6.30. The minimum Gasteiger partial charge on any atom is -0.490 e. The van der Waals surface area contributed by atoms with Gasteiger partial charge in [0, 0.05) is 24.3 Å². The summed E-state index contributed by atoms with van der Waals surface area (Å²) in [5, 5.41) is 1.63. The number of amides is 1. The molecule has 1 N–H and O–H groups in total. The normalized spacial score (nSPS) is 11.9. The first-order valence-corrected chi connectivity index (χ1v) is 8.77. The van der Waals surface area contributed by atoms with E-state index in [9.17, 15) is 39.9 Å². The lowest BCUT2D eigenvalue weighted by Crippen LogP contribution is -2.47. The molecule has 0 unspecified atom stereocenters. The van der Waals surface area contributed by atoms with Gasteiger partial charge in [0.1, 0.15) is 35.5 Å². The van der Waals surface area contributed by atoms with Crippen LogP contribution in [-0.4, -0.2) is 37.7 Å². The molecule has 0 aliphatic carbocycles. The van der Waals surface area contributed by atoms with Gasteiger partial charge in [0.15, 0.2) is 0 Å². The molecule has 0 atom stereocenters. The molecule has 2 aromatic carbocycles. The molecule has 0 bridgehead atoms. The van der Waals surface area contributed by atoms with Crippen molar-refractivity contribution in [3.63, 3.8) is 0 Å². The standard InChI is InChI=1S/C18H12ClF8NO4/c19-13-8-11(31-12-6-9(20)5-10(21)7-12)1-2-14(13)30-4-3-28-16(29)32-15(17(22,23)24)18(25,26)27/h1-2,5-8,15H,3-4H2,(H,28,29). The lowest BCUT2D eigenvalue weighted by atomic mass is 10.3. The van der Waals surface area contributed by atoms with Crippen molar-refractivity contribution in [2.75, 3.05) is 13.2 Å². The van der Waals surface area contributed by atoms with Crippen LogP contribution in [0.5, 0.6) is 17.2 Å². The van der Waals surface area contributed by atoms with Gasteiger partial charge in [-0.05, 0) is 12.1 Å². The molecule has 0 radical (unpaired) electrons. The highest BCUT2D eigenvalue weighted by molar-refractivity contribution is 6.32. The van der Waals surface area contributed by atoms with Crippen molar-refractivity contribution in [3.05, 3.63) is 53.1 Å². The number of ether oxygens (including phenoxy) is 3. The zero-order chi connectivity index (χ0) is 24.1. The van der Waals surface area contributed by atoms with E-state index in [1.165, 1.54) is 18.2 Å². The van der Waals surface area contributed by atoms with Crippen molar-refractivity contribution >= 4 is 17.7 Å². The van der Waals surface area contributed by atoms with Crippen LogP contribution < -0.4 is 14.8 Å². The lowest BCUT2D eigenvalue weighted by Gasteiger charge is -2.22. The summed E-state index contributed by atoms with van der Waals surface area (Å²) in [5.74, 6) is -1.78. The van der Waals surface area contributed by atoms with Crippen LogP contribution in [0.2, 0.25) is 5.02 Å². The first-order chi connectivity index (χ1) is 14.8. The van der Waals surface area contributed by atoms with Crippen LogP contribution in [0, 0.1) is 11.6 Å². The van der Waals surface area contributed by atoms with Crippen molar-refractivity contribution < 1.29 is 54.1 Å². The molecule has 2 rings (SSSR count). The molecule has 2 aromatic rings. The Labute approximate surface area is 179 Å². The highest BCUT2D eigenvalue weighted by atomic mass is 35.5. The topological polar surface area (TPSA) is 56.8 Å². The van der Waals surface area contributed by atoms with Gasteiger partial charge in [-0.15, -0.1) is 0 Å². The second-order valence-electron chi connectivity index (χ2n) is 5.94. The number of hydrogen-bond acceptors (Lipinski definition) is 4. The Kier molecular flexibility index (Phi) is 7.99. The van der Waals surface area contributed by atoms with Crippen molar-refractivity contribution in [1.82, 2.24) is 5.32 Å². The molecule has 14 heteroatoms. The predicted molar refractivity (Wildman–Crippen MR) is 93.8 cm³/mol. The molecule has 0 aliphatic heterocycles. The van der Waals surface area contributed by atoms with E-state index in [0.29, 0.717) is 6.07 Å². The number of halogens is 9. The highest BCUT2D eigenvalue weighted by Crippen LogP contribution is 2.35. The Bertz CT molecular complexity index is 917. The van der Waals surface area contributed by atoms with E-state index >= 15 is 0 Å². The summed E-state index contributed by atoms with van der Waals surface area (Å²) >= 11 is 5.95. The number of nitrogens with one attached hydrogen (secondary N) is 1. The van der Waals surface area contributed by atoms with E-state index < -0.39 is 49.3 Å². The molecule has 0 saturated heterocycles. The van der Waals surface area contributed by atoms with Gasteiger partial charge >= 0.3 is 18.4 Å². The van der Waals surface area contributed by atoms with E-state index in [1.54, 1.807) is 5.32 Å². The van der Waals surface area contributed by atoms with Crippen LogP contribution in [0.3, 0.4) is 0 Å². The van der Waals surface area contributed by atoms with E-state index in [2.05, 4.69) is 4.74 Å². The summed E-state index contributed by atoms with van der Waals surface area (Å²) in [4.78, 5) is 11.2. The molecular weight excluding hydrogens is 482 g/mol. The number of alkyl carbamates (subject to hydrolysis) is 1. The van der Waals surface area contributed by atoms with Crippen LogP contribution in [0.15, 0.2) is 36.4 Å². The lowest BCUT2D eigenvalue weighted by molar-refractivity contribution is -0.307. The summed E-state index contributed by atoms with van der Waals surface area (Å²) in [6.45, 7) is -0.911. The summed E-state index contributed by atoms with van der Waals surface area (Å²) < 4.78 is 114. The van der Waals surface area contributed by atoms with Gasteiger partial charge in [0.05, 0.1) is 11.6 Å². The van der Waals surface area contributed by atoms with Crippen LogP contribution >= 0.6 is 11.6 Å². The first kappa shape index (κ1) is 25.3. The van der Waals surface area contributed by atoms with E-state index in [0.717, 1.165) is 12.1 Å². The number of hydrogen-bond donors (Lipinski definition) is 1. The monoisotopic (exact) mass is 493 g/mol. The second-order valence-corrected chi connectivity index (χ2v) is 6.35. The SMILES string of the molecule is O=C(NCCOc1ccc(Oc2cc(F)cc(F)c2)cc1Cl)OC(C(F)(F)F)C(F)(F)F. The average molecular weight is 494 g/mol. The van der Waals surface area contributed by atoms with Crippen molar-refractivity contribution in [3.8, 4) is 17.2 Å². The van der Waals surface area contributed by atoms with Crippen LogP contribution in [0.1, 0.15) is 0 Å². The van der Waals surface area contributed by atoms with Gasteiger partial charge in [-0.3, -0.25) is 0 Å². The van der Waals surface area contributed by atoms with E-state index in [-0.39, 0.29) is 22.3 Å². The number of carbonyl (C=O) groups is 1. The molecule has 0 heterocycles. The van der Waals surface area contributed by atoms with Gasteiger partial charge in [0.25, 0.3) is 6.10 Å². The molecule has 1 amide bonds. The Morgan fingerprint density at radius 1 is 0.938 bits per heavy atom. The smallest absolute Gasteiger partial charge is 0.434 e. The van der Waals surface area contributed by atoms with Gasteiger partial charge in [-0.2, -0.15) is 26.3 Å². The Morgan fingerprint density at radius 3 is 2.06 bits per heavy atom. The van der Waals surface area contributed by atoms with E-state index in [4.69, 9.17) is 21.1 Å². The minimum absolute atomic E-state index is 0.0167. The van der Waals surface area contributed by atoms with Crippen LogP contribution in [0.4, 0.5) is 39.9 Å². The maximum atomic E-state index is 13.2. The van der Waals surface area contributed by atoms with Crippen molar-refractivity contribution in [2.45, 2.75) is 18.5 Å². The van der Waals surface area contributed by atoms with Gasteiger partial charge in [-0.25, -0.2) is 13.6 Å². The summed E-state index contributed by atoms with van der Waals surface area (Å²) in [6.07, 6.45) is -17.9. The second kappa shape index (κ2) is 10.1. The van der Waals surface area contributed by atoms with Gasteiger partial charge in [0.2, 0.25) is 0 Å². The van der Waals surface area contributed by atoms with Crippen molar-refractivity contribution in [2.24, 2.45) is 0 Å². The fourth-order valence-electron chi connectivity index (χ4n) is 2.17. The number of benzene rings is 2. The molecule has 5 nitrogen and oxygen atoms in total. The van der Waals surface area contributed by atoms with Gasteiger partial charge < -0.3 is 19.5 Å². The van der Waals surface area contributed by atoms with Crippen LogP contribution in [0.25, 0.3) is 0 Å². The summed E-state index contributed by atoms with van der Waals surface area (Å²) in [5.41, 5.74) is 0.